The number of aryl methyl sites for hydroxylation is 4. The number of aromatic nitrogens is 3. The van der Waals surface area contributed by atoms with Crippen LogP contribution in [0.25, 0.3) is 11.0 Å². The van der Waals surface area contributed by atoms with Gasteiger partial charge < -0.3 is 5.32 Å². The minimum Gasteiger partial charge on any atom is -0.322 e. The summed E-state index contributed by atoms with van der Waals surface area (Å²) in [6.07, 6.45) is 3.32. The highest BCUT2D eigenvalue weighted by Gasteiger charge is 2.18. The van der Waals surface area contributed by atoms with Crippen molar-refractivity contribution in [2.75, 3.05) is 5.32 Å². The molecule has 3 aromatic rings. The van der Waals surface area contributed by atoms with Crippen LogP contribution in [0.3, 0.4) is 0 Å². The van der Waals surface area contributed by atoms with Crippen molar-refractivity contribution in [3.63, 3.8) is 0 Å². The van der Waals surface area contributed by atoms with Gasteiger partial charge in [-0.1, -0.05) is 6.07 Å². The molecule has 122 valence electrons. The molecule has 2 aromatic heterocycles. The number of pyridine rings is 1. The molecule has 4 rings (SSSR count). The molecule has 24 heavy (non-hydrogen) atoms. The Kier molecular flexibility index (Phi) is 3.26. The van der Waals surface area contributed by atoms with Crippen molar-refractivity contribution in [1.29, 1.82) is 0 Å². The SMILES string of the molecule is Cc1cc(C(=O)Nc2ccc3c(c2)CCC3)c2c(=O)[nH]n(C)c2n1. The van der Waals surface area contributed by atoms with Gasteiger partial charge in [0, 0.05) is 18.4 Å². The van der Waals surface area contributed by atoms with Crippen LogP contribution in [0, 0.1) is 6.92 Å². The van der Waals surface area contributed by atoms with E-state index in [9.17, 15) is 9.59 Å². The number of hydrogen-bond donors (Lipinski definition) is 2. The Morgan fingerprint density at radius 3 is 2.88 bits per heavy atom. The first-order chi connectivity index (χ1) is 11.5. The van der Waals surface area contributed by atoms with Crippen molar-refractivity contribution >= 4 is 22.6 Å². The van der Waals surface area contributed by atoms with Crippen LogP contribution in [0.5, 0.6) is 0 Å². The van der Waals surface area contributed by atoms with Crippen LogP contribution in [0.4, 0.5) is 5.69 Å². The van der Waals surface area contributed by atoms with Gasteiger partial charge in [0.15, 0.2) is 5.65 Å². The number of hydrogen-bond acceptors (Lipinski definition) is 3. The second-order valence-corrected chi connectivity index (χ2v) is 6.30. The van der Waals surface area contributed by atoms with Crippen LogP contribution in [0.2, 0.25) is 0 Å². The van der Waals surface area contributed by atoms with E-state index in [1.54, 1.807) is 13.1 Å². The van der Waals surface area contributed by atoms with Gasteiger partial charge in [-0.25, -0.2) is 4.98 Å². The Balaban J connectivity index is 1.75. The molecule has 6 heteroatoms. The summed E-state index contributed by atoms with van der Waals surface area (Å²) in [6.45, 7) is 1.81. The molecule has 1 aliphatic carbocycles. The van der Waals surface area contributed by atoms with Gasteiger partial charge in [-0.2, -0.15) is 0 Å². The third kappa shape index (κ3) is 2.31. The number of H-pyrrole nitrogens is 1. The molecule has 0 unspecified atom stereocenters. The maximum atomic E-state index is 12.7. The smallest absolute Gasteiger partial charge is 0.274 e. The van der Waals surface area contributed by atoms with E-state index in [-0.39, 0.29) is 11.5 Å². The average Bonchev–Trinajstić information content (AvgIpc) is 3.11. The molecule has 0 saturated heterocycles. The molecule has 1 aliphatic rings. The van der Waals surface area contributed by atoms with Crippen molar-refractivity contribution in [3.05, 3.63) is 57.0 Å². The minimum atomic E-state index is -0.306. The number of nitrogens with one attached hydrogen (secondary N) is 2. The zero-order valence-electron chi connectivity index (χ0n) is 13.6. The fraction of sp³-hybridized carbons (Fsp3) is 0.278. The first kappa shape index (κ1) is 14.7. The molecule has 6 nitrogen and oxygen atoms in total. The Bertz CT molecular complexity index is 1030. The van der Waals surface area contributed by atoms with E-state index in [2.05, 4.69) is 21.5 Å². The topological polar surface area (TPSA) is 79.8 Å². The lowest BCUT2D eigenvalue weighted by atomic mass is 10.1. The summed E-state index contributed by atoms with van der Waals surface area (Å²) in [7, 11) is 1.71. The first-order valence-electron chi connectivity index (χ1n) is 8.02. The molecule has 2 heterocycles. The number of rotatable bonds is 2. The van der Waals surface area contributed by atoms with Crippen LogP contribution in [-0.2, 0) is 19.9 Å². The predicted molar refractivity (Wildman–Crippen MR) is 92.5 cm³/mol. The number of benzene rings is 1. The van der Waals surface area contributed by atoms with Crippen LogP contribution < -0.4 is 10.9 Å². The molecular formula is C18H18N4O2. The van der Waals surface area contributed by atoms with Crippen molar-refractivity contribution in [2.45, 2.75) is 26.2 Å². The van der Waals surface area contributed by atoms with Gasteiger partial charge >= 0.3 is 0 Å². The lowest BCUT2D eigenvalue weighted by molar-refractivity contribution is 0.102. The molecule has 0 atom stereocenters. The molecule has 1 amide bonds. The zero-order valence-corrected chi connectivity index (χ0v) is 13.6. The van der Waals surface area contributed by atoms with Gasteiger partial charge in [0.2, 0.25) is 0 Å². The summed E-state index contributed by atoms with van der Waals surface area (Å²) in [5, 5.41) is 5.89. The van der Waals surface area contributed by atoms with Crippen LogP contribution in [0.1, 0.15) is 33.6 Å². The van der Waals surface area contributed by atoms with Gasteiger partial charge in [-0.15, -0.1) is 0 Å². The Morgan fingerprint density at radius 1 is 1.25 bits per heavy atom. The largest absolute Gasteiger partial charge is 0.322 e. The van der Waals surface area contributed by atoms with Gasteiger partial charge in [0.05, 0.1) is 10.9 Å². The van der Waals surface area contributed by atoms with E-state index >= 15 is 0 Å². The third-order valence-corrected chi connectivity index (χ3v) is 4.54. The minimum absolute atomic E-state index is 0.292. The average molecular weight is 322 g/mol. The molecule has 2 N–H and O–H groups in total. The van der Waals surface area contributed by atoms with Crippen molar-refractivity contribution in [2.24, 2.45) is 7.05 Å². The van der Waals surface area contributed by atoms with E-state index in [1.165, 1.54) is 15.8 Å². The summed E-state index contributed by atoms with van der Waals surface area (Å²) < 4.78 is 1.54. The van der Waals surface area contributed by atoms with Gasteiger partial charge in [-0.3, -0.25) is 19.4 Å². The highest BCUT2D eigenvalue weighted by atomic mass is 16.2. The molecule has 0 fully saturated rings. The number of carbonyl (C=O) groups is 1. The van der Waals surface area contributed by atoms with Crippen molar-refractivity contribution in [1.82, 2.24) is 14.8 Å². The summed E-state index contributed by atoms with van der Waals surface area (Å²) in [5.41, 5.74) is 4.63. The number of nitrogens with zero attached hydrogens (tertiary/aromatic N) is 2. The predicted octanol–water partition coefficient (Wildman–Crippen LogP) is 2.31. The zero-order chi connectivity index (χ0) is 16.8. The van der Waals surface area contributed by atoms with Gasteiger partial charge in [-0.05, 0) is 55.5 Å². The molecule has 0 bridgehead atoms. The normalized spacial score (nSPS) is 13.2. The lowest BCUT2D eigenvalue weighted by Gasteiger charge is -2.09. The van der Waals surface area contributed by atoms with Gasteiger partial charge in [0.1, 0.15) is 0 Å². The maximum absolute atomic E-state index is 12.7. The molecule has 0 saturated carbocycles. The third-order valence-electron chi connectivity index (χ3n) is 4.54. The van der Waals surface area contributed by atoms with E-state index in [0.717, 1.165) is 24.9 Å². The number of anilines is 1. The highest BCUT2D eigenvalue weighted by Crippen LogP contribution is 2.25. The summed E-state index contributed by atoms with van der Waals surface area (Å²) in [4.78, 5) is 29.2. The Labute approximate surface area is 138 Å². The molecule has 0 spiro atoms. The van der Waals surface area contributed by atoms with E-state index in [4.69, 9.17) is 0 Å². The Hall–Kier alpha value is -2.89. The number of amides is 1. The Morgan fingerprint density at radius 2 is 2.04 bits per heavy atom. The molecule has 0 radical (unpaired) electrons. The fourth-order valence-electron chi connectivity index (χ4n) is 3.41. The number of fused-ring (bicyclic) bond motifs is 2. The van der Waals surface area contributed by atoms with Gasteiger partial charge in [0.25, 0.3) is 11.5 Å². The van der Waals surface area contributed by atoms with Crippen molar-refractivity contribution < 1.29 is 4.79 Å². The maximum Gasteiger partial charge on any atom is 0.274 e. The lowest BCUT2D eigenvalue weighted by Crippen LogP contribution is -2.15. The quantitative estimate of drug-likeness (QED) is 0.760. The second kappa shape index (κ2) is 5.33. The second-order valence-electron chi connectivity index (χ2n) is 6.30. The number of carbonyl (C=O) groups excluding carboxylic acids is 1. The standard InChI is InChI=1S/C18H18N4O2/c1-10-8-14(15-16(19-10)22(2)21-18(15)24)17(23)20-13-7-6-11-4-3-5-12(11)9-13/h6-9H,3-5H2,1-2H3,(H,20,23)(H,21,24). The number of aromatic amines is 1. The summed E-state index contributed by atoms with van der Waals surface area (Å²) >= 11 is 0. The van der Waals surface area contributed by atoms with Crippen molar-refractivity contribution in [3.8, 4) is 0 Å². The summed E-state index contributed by atoms with van der Waals surface area (Å²) in [5.74, 6) is -0.292. The van der Waals surface area contributed by atoms with E-state index in [1.807, 2.05) is 19.1 Å². The molecule has 0 aliphatic heterocycles. The van der Waals surface area contributed by atoms with E-state index in [0.29, 0.717) is 22.3 Å². The van der Waals surface area contributed by atoms with Crippen LogP contribution >= 0.6 is 0 Å². The highest BCUT2D eigenvalue weighted by molar-refractivity contribution is 6.12. The van der Waals surface area contributed by atoms with Crippen LogP contribution in [-0.4, -0.2) is 20.7 Å². The monoisotopic (exact) mass is 322 g/mol. The molecule has 1 aromatic carbocycles. The van der Waals surface area contributed by atoms with E-state index < -0.39 is 0 Å². The fourth-order valence-corrected chi connectivity index (χ4v) is 3.41. The first-order valence-corrected chi connectivity index (χ1v) is 8.02. The summed E-state index contributed by atoms with van der Waals surface area (Å²) in [6, 6.07) is 7.67. The molecular weight excluding hydrogens is 304 g/mol. The van der Waals surface area contributed by atoms with Crippen LogP contribution in [0.15, 0.2) is 29.1 Å².